The lowest BCUT2D eigenvalue weighted by Gasteiger charge is -1.88. The summed E-state index contributed by atoms with van der Waals surface area (Å²) in [5.74, 6) is 0.224. The minimum atomic E-state index is 0.224. The molecule has 0 saturated heterocycles. The van der Waals surface area contributed by atoms with E-state index < -0.39 is 0 Å². The highest BCUT2D eigenvalue weighted by Gasteiger charge is 1.76. The summed E-state index contributed by atoms with van der Waals surface area (Å²) in [5, 5.41) is 0. The Labute approximate surface area is 39.3 Å². The van der Waals surface area contributed by atoms with Crippen molar-refractivity contribution >= 4 is 16.8 Å². The molecule has 0 aromatic heterocycles. The zero-order chi connectivity index (χ0) is 4.99. The number of hydrogen-bond donors (Lipinski definition) is 0. The van der Waals surface area contributed by atoms with Crippen molar-refractivity contribution in [2.24, 2.45) is 0 Å². The molecule has 0 saturated carbocycles. The molecule has 0 radical (unpaired) electrons. The topological polar surface area (TPSA) is 26.3 Å². The molecule has 34 valence electrons. The molecular weight excluding hydrogens is 96.1 g/mol. The van der Waals surface area contributed by atoms with Gasteiger partial charge in [-0.15, -0.1) is 0 Å². The van der Waals surface area contributed by atoms with Gasteiger partial charge < -0.3 is 4.43 Å². The Morgan fingerprint density at radius 2 is 2.50 bits per heavy atom. The summed E-state index contributed by atoms with van der Waals surface area (Å²) in [6.07, 6.45) is 0.590. The largest absolute Gasteiger partial charge is 0.551 e. The molecule has 0 fully saturated rings. The van der Waals surface area contributed by atoms with Gasteiger partial charge in [0.05, 0.1) is 0 Å². The van der Waals surface area contributed by atoms with Gasteiger partial charge in [0.25, 0.3) is 0 Å². The molecule has 3 heteroatoms. The Bertz CT molecular complexity index is 69.2. The van der Waals surface area contributed by atoms with Crippen LogP contribution in [0.3, 0.4) is 0 Å². The fraction of sp³-hybridized carbons (Fsp3) is 0. The van der Waals surface area contributed by atoms with Gasteiger partial charge in [0.2, 0.25) is 10.5 Å². The van der Waals surface area contributed by atoms with Crippen LogP contribution in [-0.4, -0.2) is 16.8 Å². The summed E-state index contributed by atoms with van der Waals surface area (Å²) < 4.78 is 4.48. The van der Waals surface area contributed by atoms with Gasteiger partial charge in [-0.25, -0.2) is 0 Å². The van der Waals surface area contributed by atoms with E-state index in [-0.39, 0.29) is 5.76 Å². The Kier molecular flexibility index (Phi) is 2.40. The van der Waals surface area contributed by atoms with Crippen LogP contribution in [0.25, 0.3) is 0 Å². The Hall–Kier alpha value is -0.573. The van der Waals surface area contributed by atoms with E-state index in [9.17, 15) is 4.79 Å². The number of aldehydes is 1. The van der Waals surface area contributed by atoms with Crippen LogP contribution in [0.5, 0.6) is 0 Å². The second kappa shape index (κ2) is 2.65. The van der Waals surface area contributed by atoms with Gasteiger partial charge in [-0.3, -0.25) is 4.79 Å². The second-order valence-electron chi connectivity index (χ2n) is 0.788. The normalized spacial score (nSPS) is 7.33. The van der Waals surface area contributed by atoms with Gasteiger partial charge in [0, 0.05) is 0 Å². The average Bonchev–Trinajstić information content (AvgIpc) is 1.65. The van der Waals surface area contributed by atoms with Crippen LogP contribution < -0.4 is 0 Å². The van der Waals surface area contributed by atoms with Crippen LogP contribution in [0.2, 0.25) is 0 Å². The summed E-state index contributed by atoms with van der Waals surface area (Å²) >= 11 is 0. The lowest BCUT2D eigenvalue weighted by molar-refractivity contribution is -0.106. The van der Waals surface area contributed by atoms with Crippen LogP contribution in [0.4, 0.5) is 0 Å². The van der Waals surface area contributed by atoms with Crippen LogP contribution in [0.1, 0.15) is 0 Å². The predicted molar refractivity (Wildman–Crippen MR) is 26.2 cm³/mol. The van der Waals surface area contributed by atoms with Crippen molar-refractivity contribution in [3.8, 4) is 0 Å². The van der Waals surface area contributed by atoms with E-state index in [1.165, 1.54) is 0 Å². The zero-order valence-electron chi connectivity index (χ0n) is 3.60. The van der Waals surface area contributed by atoms with E-state index in [2.05, 4.69) is 11.0 Å². The maximum atomic E-state index is 9.53. The number of carbonyl (C=O) groups excluding carboxylic acids is 1. The highest BCUT2D eigenvalue weighted by molar-refractivity contribution is 6.00. The number of rotatable bonds is 2. The maximum Gasteiger partial charge on any atom is 0.204 e. The Morgan fingerprint density at radius 3 is 2.50 bits per heavy atom. The van der Waals surface area contributed by atoms with E-state index >= 15 is 0 Å². The first kappa shape index (κ1) is 5.43. The molecule has 0 spiro atoms. The third kappa shape index (κ3) is 1.72. The molecule has 0 aromatic rings. The van der Waals surface area contributed by atoms with E-state index in [1.807, 2.05) is 0 Å². The maximum absolute atomic E-state index is 9.53. The van der Waals surface area contributed by atoms with Crippen molar-refractivity contribution in [2.75, 3.05) is 0 Å². The Balaban J connectivity index is 3.23. The van der Waals surface area contributed by atoms with Gasteiger partial charge in [0.15, 0.2) is 6.29 Å². The molecule has 0 unspecified atom stereocenters. The van der Waals surface area contributed by atoms with Crippen molar-refractivity contribution in [2.45, 2.75) is 0 Å². The van der Waals surface area contributed by atoms with Crippen LogP contribution >= 0.6 is 0 Å². The second-order valence-corrected chi connectivity index (χ2v) is 1.20. The fourth-order valence-electron chi connectivity index (χ4n) is 0.0481. The highest BCUT2D eigenvalue weighted by atomic mass is 28.2. The van der Waals surface area contributed by atoms with Gasteiger partial charge in [-0.05, 0) is 0 Å². The molecule has 0 bridgehead atoms. The molecule has 0 aliphatic carbocycles. The standard InChI is InChI=1S/C3H6O2Si/c1-3(2-4)5-6/h2H,1H2,6H3. The molecule has 0 aliphatic rings. The number of carbonyl (C=O) groups is 1. The quantitative estimate of drug-likeness (QED) is 0.193. The molecule has 6 heavy (non-hydrogen) atoms. The predicted octanol–water partition coefficient (Wildman–Crippen LogP) is -1.00. The minimum absolute atomic E-state index is 0.224. The summed E-state index contributed by atoms with van der Waals surface area (Å²) in [7, 11) is 0.552. The van der Waals surface area contributed by atoms with Crippen molar-refractivity contribution < 1.29 is 9.22 Å². The molecule has 0 heterocycles. The van der Waals surface area contributed by atoms with Crippen LogP contribution in [0, 0.1) is 0 Å². The molecule has 0 N–H and O–H groups in total. The molecule has 0 rings (SSSR count). The van der Waals surface area contributed by atoms with E-state index in [0.29, 0.717) is 16.8 Å². The number of hydrogen-bond acceptors (Lipinski definition) is 2. The smallest absolute Gasteiger partial charge is 0.204 e. The highest BCUT2D eigenvalue weighted by Crippen LogP contribution is 1.76. The lowest BCUT2D eigenvalue weighted by Crippen LogP contribution is -1.83. The summed E-state index contributed by atoms with van der Waals surface area (Å²) in [6.45, 7) is 3.24. The monoisotopic (exact) mass is 102 g/mol. The molecule has 0 amide bonds. The summed E-state index contributed by atoms with van der Waals surface area (Å²) in [6, 6.07) is 0. The van der Waals surface area contributed by atoms with E-state index in [4.69, 9.17) is 0 Å². The van der Waals surface area contributed by atoms with Gasteiger partial charge in [-0.1, -0.05) is 6.58 Å². The van der Waals surface area contributed by atoms with Crippen molar-refractivity contribution in [3.05, 3.63) is 12.3 Å². The molecular formula is C3H6O2Si. The van der Waals surface area contributed by atoms with Crippen LogP contribution in [-0.2, 0) is 9.22 Å². The Morgan fingerprint density at radius 1 is 2.00 bits per heavy atom. The molecule has 0 aromatic carbocycles. The van der Waals surface area contributed by atoms with Crippen LogP contribution in [0.15, 0.2) is 12.3 Å². The van der Waals surface area contributed by atoms with Gasteiger partial charge >= 0.3 is 0 Å². The zero-order valence-corrected chi connectivity index (χ0v) is 5.60. The van der Waals surface area contributed by atoms with Crippen molar-refractivity contribution in [3.63, 3.8) is 0 Å². The third-order valence-corrected chi connectivity index (χ3v) is 0.918. The first-order chi connectivity index (χ1) is 2.81. The van der Waals surface area contributed by atoms with Gasteiger partial charge in [0.1, 0.15) is 5.76 Å². The van der Waals surface area contributed by atoms with E-state index in [1.54, 1.807) is 0 Å². The first-order valence-corrected chi connectivity index (χ1v) is 2.31. The molecule has 0 atom stereocenters. The van der Waals surface area contributed by atoms with Gasteiger partial charge in [-0.2, -0.15) is 0 Å². The average molecular weight is 102 g/mol. The van der Waals surface area contributed by atoms with E-state index in [0.717, 1.165) is 0 Å². The SMILES string of the molecule is C=C(C=O)O[SiH3]. The fourth-order valence-corrected chi connectivity index (χ4v) is 0.144. The number of allylic oxidation sites excluding steroid dienone is 1. The third-order valence-electron chi connectivity index (χ3n) is 0.394. The minimum Gasteiger partial charge on any atom is -0.551 e. The molecule has 0 aliphatic heterocycles. The summed E-state index contributed by atoms with van der Waals surface area (Å²) in [5.41, 5.74) is 0. The first-order valence-electron chi connectivity index (χ1n) is 1.49. The van der Waals surface area contributed by atoms with Crippen molar-refractivity contribution in [1.29, 1.82) is 0 Å². The summed E-state index contributed by atoms with van der Waals surface area (Å²) in [4.78, 5) is 9.53. The lowest BCUT2D eigenvalue weighted by atomic mass is 10.7. The molecule has 2 nitrogen and oxygen atoms in total. The van der Waals surface area contributed by atoms with Crippen molar-refractivity contribution in [1.82, 2.24) is 0 Å².